The van der Waals surface area contributed by atoms with Crippen LogP contribution in [-0.2, 0) is 15.5 Å². The minimum atomic E-state index is -3.39. The molecule has 0 aliphatic heterocycles. The first-order chi connectivity index (χ1) is 9.53. The van der Waals surface area contributed by atoms with E-state index in [0.29, 0.717) is 6.61 Å². The Morgan fingerprint density at radius 2 is 1.90 bits per heavy atom. The van der Waals surface area contributed by atoms with Crippen molar-refractivity contribution in [3.8, 4) is 0 Å². The molecule has 1 N–H and O–H groups in total. The lowest BCUT2D eigenvalue weighted by Gasteiger charge is -2.16. The number of unbranched alkanes of at least 4 members (excludes halogenated alkanes) is 3. The zero-order chi connectivity index (χ0) is 14.8. The molecule has 0 aromatic heterocycles. The molecule has 0 heterocycles. The van der Waals surface area contributed by atoms with Crippen LogP contribution >= 0.6 is 7.60 Å². The van der Waals surface area contributed by atoms with E-state index in [1.165, 1.54) is 5.56 Å². The molecule has 114 valence electrons. The van der Waals surface area contributed by atoms with Crippen molar-refractivity contribution >= 4 is 7.60 Å². The molecular formula is C16H27O3P. The topological polar surface area (TPSA) is 46.5 Å². The van der Waals surface area contributed by atoms with E-state index in [4.69, 9.17) is 4.52 Å². The smallest absolute Gasteiger partial charge is 0.324 e. The molecule has 1 unspecified atom stereocenters. The van der Waals surface area contributed by atoms with Crippen molar-refractivity contribution in [3.63, 3.8) is 0 Å². The van der Waals surface area contributed by atoms with Gasteiger partial charge in [-0.1, -0.05) is 63.4 Å². The van der Waals surface area contributed by atoms with Crippen molar-refractivity contribution < 1.29 is 14.0 Å². The van der Waals surface area contributed by atoms with E-state index in [0.717, 1.165) is 32.1 Å². The lowest BCUT2D eigenvalue weighted by molar-refractivity contribution is 0.221. The summed E-state index contributed by atoms with van der Waals surface area (Å²) >= 11 is 0. The summed E-state index contributed by atoms with van der Waals surface area (Å²) in [7, 11) is -3.39. The monoisotopic (exact) mass is 298 g/mol. The van der Waals surface area contributed by atoms with Crippen LogP contribution in [0.5, 0.6) is 0 Å². The molecule has 0 saturated heterocycles. The second kappa shape index (κ2) is 9.33. The van der Waals surface area contributed by atoms with E-state index >= 15 is 0 Å². The van der Waals surface area contributed by atoms with E-state index in [1.807, 2.05) is 25.1 Å². The Morgan fingerprint density at radius 1 is 1.20 bits per heavy atom. The zero-order valence-corrected chi connectivity index (χ0v) is 13.5. The highest BCUT2D eigenvalue weighted by Crippen LogP contribution is 2.43. The summed E-state index contributed by atoms with van der Waals surface area (Å²) in [5, 5.41) is 0. The first-order valence-corrected chi connectivity index (χ1v) is 9.30. The molecule has 20 heavy (non-hydrogen) atoms. The van der Waals surface area contributed by atoms with Gasteiger partial charge in [0.2, 0.25) is 0 Å². The van der Waals surface area contributed by atoms with Crippen LogP contribution in [0, 0.1) is 5.92 Å². The van der Waals surface area contributed by atoms with Crippen LogP contribution in [0.3, 0.4) is 0 Å². The predicted octanol–water partition coefficient (Wildman–Crippen LogP) is 4.65. The van der Waals surface area contributed by atoms with Gasteiger partial charge in [0.15, 0.2) is 0 Å². The lowest BCUT2D eigenvalue weighted by Crippen LogP contribution is -2.09. The molecule has 0 fully saturated rings. The molecular weight excluding hydrogens is 271 g/mol. The predicted molar refractivity (Wildman–Crippen MR) is 84.1 cm³/mol. The highest BCUT2D eigenvalue weighted by Gasteiger charge is 2.19. The Hall–Kier alpha value is -0.630. The minimum absolute atomic E-state index is 0.244. The van der Waals surface area contributed by atoms with Gasteiger partial charge in [-0.15, -0.1) is 0 Å². The summed E-state index contributed by atoms with van der Waals surface area (Å²) in [5.74, 6) is 0.244. The van der Waals surface area contributed by atoms with E-state index in [9.17, 15) is 9.46 Å². The van der Waals surface area contributed by atoms with Gasteiger partial charge in [-0.3, -0.25) is 4.57 Å². The van der Waals surface area contributed by atoms with Gasteiger partial charge in [-0.2, -0.15) is 0 Å². The maximum absolute atomic E-state index is 11.9. The van der Waals surface area contributed by atoms with Gasteiger partial charge >= 0.3 is 7.60 Å². The quantitative estimate of drug-likeness (QED) is 0.505. The van der Waals surface area contributed by atoms with Gasteiger partial charge in [0.25, 0.3) is 0 Å². The molecule has 4 heteroatoms. The normalized spacial score (nSPS) is 15.8. The number of hydrogen-bond donors (Lipinski definition) is 1. The SMILES string of the molecule is CCCCCCP(=O)(O)OC[C@@H](C)Cc1ccccc1. The molecule has 3 nitrogen and oxygen atoms in total. The molecule has 1 rings (SSSR count). The molecule has 0 aliphatic carbocycles. The van der Waals surface area contributed by atoms with Crippen molar-refractivity contribution in [2.45, 2.75) is 46.0 Å². The van der Waals surface area contributed by atoms with Gasteiger partial charge in [0, 0.05) is 6.16 Å². The molecule has 0 radical (unpaired) electrons. The first-order valence-electron chi connectivity index (χ1n) is 7.54. The number of hydrogen-bond acceptors (Lipinski definition) is 2. The third kappa shape index (κ3) is 7.84. The third-order valence-corrected chi connectivity index (χ3v) is 4.72. The molecule has 0 bridgehead atoms. The van der Waals surface area contributed by atoms with E-state index < -0.39 is 7.60 Å². The van der Waals surface area contributed by atoms with Crippen molar-refractivity contribution in [3.05, 3.63) is 35.9 Å². The summed E-state index contributed by atoms with van der Waals surface area (Å²) in [4.78, 5) is 9.76. The summed E-state index contributed by atoms with van der Waals surface area (Å²) < 4.78 is 17.1. The summed E-state index contributed by atoms with van der Waals surface area (Å²) in [6, 6.07) is 10.1. The second-order valence-electron chi connectivity index (χ2n) is 5.51. The van der Waals surface area contributed by atoms with Crippen LogP contribution < -0.4 is 0 Å². The molecule has 2 atom stereocenters. The number of benzene rings is 1. The standard InChI is InChI=1S/C16H27O3P/c1-3-4-5-9-12-20(17,18)19-14-15(2)13-16-10-7-6-8-11-16/h6-8,10-11,15H,3-5,9,12-14H2,1-2H3,(H,17,18)/t15-/m0/s1. The van der Waals surface area contributed by atoms with Crippen LogP contribution in [-0.4, -0.2) is 17.7 Å². The Bertz CT molecular complexity index is 405. The average Bonchev–Trinajstić information content (AvgIpc) is 2.43. The molecule has 0 aliphatic rings. The summed E-state index contributed by atoms with van der Waals surface area (Å²) in [6.07, 6.45) is 5.18. The maximum atomic E-state index is 11.9. The van der Waals surface area contributed by atoms with Crippen molar-refractivity contribution in [2.75, 3.05) is 12.8 Å². The molecule has 1 aromatic rings. The highest BCUT2D eigenvalue weighted by molar-refractivity contribution is 7.52. The maximum Gasteiger partial charge on any atom is 0.328 e. The lowest BCUT2D eigenvalue weighted by atomic mass is 10.0. The Balaban J connectivity index is 2.25. The fourth-order valence-electron chi connectivity index (χ4n) is 2.12. The van der Waals surface area contributed by atoms with Gasteiger partial charge < -0.3 is 9.42 Å². The van der Waals surface area contributed by atoms with Crippen LogP contribution in [0.1, 0.15) is 45.1 Å². The third-order valence-electron chi connectivity index (χ3n) is 3.28. The van der Waals surface area contributed by atoms with Gasteiger partial charge in [0.05, 0.1) is 6.61 Å². The summed E-state index contributed by atoms with van der Waals surface area (Å²) in [5.41, 5.74) is 1.24. The number of rotatable bonds is 10. The second-order valence-corrected chi connectivity index (χ2v) is 7.49. The Labute approximate surface area is 122 Å². The van der Waals surface area contributed by atoms with Crippen LogP contribution in [0.2, 0.25) is 0 Å². The van der Waals surface area contributed by atoms with E-state index in [2.05, 4.69) is 19.1 Å². The van der Waals surface area contributed by atoms with Crippen LogP contribution in [0.4, 0.5) is 0 Å². The van der Waals surface area contributed by atoms with Gasteiger partial charge in [-0.25, -0.2) is 0 Å². The fourth-order valence-corrected chi connectivity index (χ4v) is 3.36. The van der Waals surface area contributed by atoms with E-state index in [-0.39, 0.29) is 12.1 Å². The summed E-state index contributed by atoms with van der Waals surface area (Å²) in [6.45, 7) is 4.51. The largest absolute Gasteiger partial charge is 0.328 e. The first kappa shape index (κ1) is 17.4. The Morgan fingerprint density at radius 3 is 2.55 bits per heavy atom. The highest BCUT2D eigenvalue weighted by atomic mass is 31.2. The van der Waals surface area contributed by atoms with E-state index in [1.54, 1.807) is 0 Å². The molecule has 0 amide bonds. The van der Waals surface area contributed by atoms with Gasteiger partial charge in [-0.05, 0) is 24.3 Å². The minimum Gasteiger partial charge on any atom is -0.324 e. The van der Waals surface area contributed by atoms with Crippen LogP contribution in [0.25, 0.3) is 0 Å². The Kier molecular flexibility index (Phi) is 8.13. The van der Waals surface area contributed by atoms with Crippen molar-refractivity contribution in [2.24, 2.45) is 5.92 Å². The van der Waals surface area contributed by atoms with Crippen molar-refractivity contribution in [1.29, 1.82) is 0 Å². The van der Waals surface area contributed by atoms with Crippen molar-refractivity contribution in [1.82, 2.24) is 0 Å². The molecule has 0 spiro atoms. The fraction of sp³-hybridized carbons (Fsp3) is 0.625. The van der Waals surface area contributed by atoms with Gasteiger partial charge in [0.1, 0.15) is 0 Å². The molecule has 1 aromatic carbocycles. The average molecular weight is 298 g/mol. The zero-order valence-electron chi connectivity index (χ0n) is 12.6. The van der Waals surface area contributed by atoms with Crippen LogP contribution in [0.15, 0.2) is 30.3 Å². The molecule has 0 saturated carbocycles.